The van der Waals surface area contributed by atoms with Gasteiger partial charge in [-0.05, 0) is 49.5 Å². The smallest absolute Gasteiger partial charge is 0.341 e. The Hall–Kier alpha value is -2.98. The molecule has 2 heterocycles. The van der Waals surface area contributed by atoms with Crippen LogP contribution >= 0.6 is 11.3 Å². The topological polar surface area (TPSA) is 110 Å². The van der Waals surface area contributed by atoms with Gasteiger partial charge in [-0.15, -0.1) is 11.3 Å². The summed E-state index contributed by atoms with van der Waals surface area (Å²) in [5, 5.41) is 4.25. The summed E-state index contributed by atoms with van der Waals surface area (Å²) in [5.74, 6) is -1.73. The number of carbonyl (C=O) groups is 3. The molecule has 2 amide bonds. The number of aryl methyl sites for hydroxylation is 1. The average molecular weight is 489 g/mol. The molecule has 0 fully saturated rings. The monoisotopic (exact) mass is 488 g/mol. The van der Waals surface area contributed by atoms with Crippen molar-refractivity contribution >= 4 is 49.6 Å². The lowest BCUT2D eigenvalue weighted by atomic mass is 9.95. The fraction of sp³-hybridized carbons (Fsp3) is 0.348. The van der Waals surface area contributed by atoms with Crippen LogP contribution in [0.3, 0.4) is 0 Å². The number of anilines is 2. The first kappa shape index (κ1) is 23.2. The van der Waals surface area contributed by atoms with E-state index < -0.39 is 34.4 Å². The molecule has 1 atom stereocenters. The minimum Gasteiger partial charge on any atom is -0.452 e. The molecule has 1 aromatic heterocycles. The Kier molecular flexibility index (Phi) is 6.66. The molecule has 0 saturated carbocycles. The number of amides is 2. The van der Waals surface area contributed by atoms with Crippen LogP contribution in [0.25, 0.3) is 0 Å². The van der Waals surface area contributed by atoms with Crippen LogP contribution in [0.4, 0.5) is 10.7 Å². The maximum Gasteiger partial charge on any atom is 0.341 e. The number of hydrogen-bond acceptors (Lipinski definition) is 7. The SMILES string of the molecule is CC(=O)Nc1sc2c(c1C(=O)OCC(=O)N(c1ccccc1)C1C=CS(=O)(=O)C1)CCCC2. The molecule has 1 aromatic carbocycles. The number of hydrogen-bond donors (Lipinski definition) is 1. The molecular weight excluding hydrogens is 464 g/mol. The van der Waals surface area contributed by atoms with Crippen LogP contribution in [-0.2, 0) is 37.0 Å². The zero-order valence-corrected chi connectivity index (χ0v) is 19.7. The normalized spacial score (nSPS) is 18.4. The lowest BCUT2D eigenvalue weighted by Crippen LogP contribution is -2.43. The highest BCUT2D eigenvalue weighted by Crippen LogP contribution is 2.38. The summed E-state index contributed by atoms with van der Waals surface area (Å²) < 4.78 is 29.3. The second-order valence-corrected chi connectivity index (χ2v) is 11.0. The number of esters is 1. The lowest BCUT2D eigenvalue weighted by Gasteiger charge is -2.27. The molecule has 2 aromatic rings. The van der Waals surface area contributed by atoms with E-state index in [2.05, 4.69) is 5.32 Å². The summed E-state index contributed by atoms with van der Waals surface area (Å²) in [6.45, 7) is 0.820. The molecule has 0 spiro atoms. The zero-order chi connectivity index (χ0) is 23.6. The molecule has 8 nitrogen and oxygen atoms in total. The van der Waals surface area contributed by atoms with Crippen molar-refractivity contribution in [2.24, 2.45) is 0 Å². The first-order valence-corrected chi connectivity index (χ1v) is 13.2. The fourth-order valence-electron chi connectivity index (χ4n) is 4.13. The van der Waals surface area contributed by atoms with Crippen LogP contribution in [0.1, 0.15) is 40.6 Å². The van der Waals surface area contributed by atoms with E-state index in [1.807, 2.05) is 0 Å². The third kappa shape index (κ3) is 5.17. The number of fused-ring (bicyclic) bond motifs is 1. The Bertz CT molecular complexity index is 1220. The second kappa shape index (κ2) is 9.48. The maximum absolute atomic E-state index is 13.1. The van der Waals surface area contributed by atoms with Gasteiger partial charge in [0.15, 0.2) is 16.4 Å². The van der Waals surface area contributed by atoms with Gasteiger partial charge >= 0.3 is 5.97 Å². The fourth-order valence-corrected chi connectivity index (χ4v) is 6.72. The van der Waals surface area contributed by atoms with Crippen molar-refractivity contribution in [3.63, 3.8) is 0 Å². The van der Waals surface area contributed by atoms with Crippen molar-refractivity contribution in [3.05, 3.63) is 57.8 Å². The van der Waals surface area contributed by atoms with E-state index in [1.54, 1.807) is 30.3 Å². The standard InChI is InChI=1S/C23H24N2O6S2/c1-15(26)24-22-21(18-9-5-6-10-19(18)32-22)23(28)31-13-20(27)25(16-7-3-2-4-8-16)17-11-12-33(29,30)14-17/h2-4,7-8,11-12,17H,5-6,9-10,13-14H2,1H3,(H,24,26). The molecule has 1 unspecified atom stereocenters. The number of nitrogens with one attached hydrogen (secondary N) is 1. The molecule has 174 valence electrons. The van der Waals surface area contributed by atoms with Gasteiger partial charge in [-0.1, -0.05) is 18.2 Å². The third-order valence-corrected chi connectivity index (χ3v) is 8.12. The van der Waals surface area contributed by atoms with E-state index in [0.717, 1.165) is 35.1 Å². The summed E-state index contributed by atoms with van der Waals surface area (Å²) in [6.07, 6.45) is 4.97. The number of rotatable bonds is 6. The number of nitrogens with zero attached hydrogens (tertiary/aromatic N) is 1. The summed E-state index contributed by atoms with van der Waals surface area (Å²) in [5.41, 5.74) is 1.70. The van der Waals surface area contributed by atoms with Gasteiger partial charge in [-0.25, -0.2) is 13.2 Å². The minimum atomic E-state index is -3.40. The third-order valence-electron chi connectivity index (χ3n) is 5.54. The number of ether oxygens (including phenoxy) is 1. The minimum absolute atomic E-state index is 0.230. The summed E-state index contributed by atoms with van der Waals surface area (Å²) >= 11 is 1.37. The van der Waals surface area contributed by atoms with Gasteiger partial charge in [0.05, 0.1) is 17.4 Å². The predicted octanol–water partition coefficient (Wildman–Crippen LogP) is 3.09. The van der Waals surface area contributed by atoms with Gasteiger partial charge in [0.1, 0.15) is 5.00 Å². The first-order chi connectivity index (χ1) is 15.7. The average Bonchev–Trinajstić information content (AvgIpc) is 3.31. The molecule has 1 N–H and O–H groups in total. The van der Waals surface area contributed by atoms with Gasteiger partial charge in [0.25, 0.3) is 5.91 Å². The predicted molar refractivity (Wildman–Crippen MR) is 126 cm³/mol. The molecule has 0 radical (unpaired) electrons. The lowest BCUT2D eigenvalue weighted by molar-refractivity contribution is -0.122. The number of para-hydroxylation sites is 1. The van der Waals surface area contributed by atoms with Gasteiger partial charge < -0.3 is 15.0 Å². The Morgan fingerprint density at radius 1 is 1.15 bits per heavy atom. The van der Waals surface area contributed by atoms with Crippen LogP contribution in [-0.4, -0.2) is 44.6 Å². The van der Waals surface area contributed by atoms with Crippen molar-refractivity contribution in [3.8, 4) is 0 Å². The molecule has 0 saturated heterocycles. The first-order valence-electron chi connectivity index (χ1n) is 10.6. The molecule has 1 aliphatic heterocycles. The van der Waals surface area contributed by atoms with Crippen LogP contribution in [0.5, 0.6) is 0 Å². The van der Waals surface area contributed by atoms with Gasteiger partial charge in [-0.2, -0.15) is 0 Å². The summed E-state index contributed by atoms with van der Waals surface area (Å²) in [6, 6.07) is 7.98. The highest BCUT2D eigenvalue weighted by atomic mass is 32.2. The molecular formula is C23H24N2O6S2. The van der Waals surface area contributed by atoms with Crippen LogP contribution in [0.2, 0.25) is 0 Å². The van der Waals surface area contributed by atoms with E-state index >= 15 is 0 Å². The molecule has 0 bridgehead atoms. The van der Waals surface area contributed by atoms with Crippen LogP contribution in [0, 0.1) is 0 Å². The molecule has 33 heavy (non-hydrogen) atoms. The summed E-state index contributed by atoms with van der Waals surface area (Å²) in [4.78, 5) is 40.2. The Morgan fingerprint density at radius 2 is 1.88 bits per heavy atom. The second-order valence-electron chi connectivity index (χ2n) is 8.00. The highest BCUT2D eigenvalue weighted by Gasteiger charge is 2.33. The van der Waals surface area contributed by atoms with Crippen molar-refractivity contribution < 1.29 is 27.5 Å². The van der Waals surface area contributed by atoms with E-state index in [9.17, 15) is 22.8 Å². The van der Waals surface area contributed by atoms with E-state index in [1.165, 1.54) is 29.2 Å². The van der Waals surface area contributed by atoms with Gasteiger partial charge in [-0.3, -0.25) is 9.59 Å². The van der Waals surface area contributed by atoms with E-state index in [0.29, 0.717) is 22.7 Å². The molecule has 10 heteroatoms. The van der Waals surface area contributed by atoms with Gasteiger partial charge in [0, 0.05) is 22.9 Å². The van der Waals surface area contributed by atoms with Crippen LogP contribution in [0.15, 0.2) is 41.8 Å². The van der Waals surface area contributed by atoms with E-state index in [4.69, 9.17) is 4.74 Å². The van der Waals surface area contributed by atoms with Gasteiger partial charge in [0.2, 0.25) is 5.91 Å². The van der Waals surface area contributed by atoms with Crippen LogP contribution < -0.4 is 10.2 Å². The van der Waals surface area contributed by atoms with Crippen molar-refractivity contribution in [1.29, 1.82) is 0 Å². The Labute approximate surface area is 196 Å². The highest BCUT2D eigenvalue weighted by molar-refractivity contribution is 7.94. The maximum atomic E-state index is 13.1. The molecule has 4 rings (SSSR count). The quantitative estimate of drug-likeness (QED) is 0.626. The Morgan fingerprint density at radius 3 is 2.55 bits per heavy atom. The zero-order valence-electron chi connectivity index (χ0n) is 18.1. The largest absolute Gasteiger partial charge is 0.452 e. The number of thiophene rings is 1. The van der Waals surface area contributed by atoms with Crippen molar-refractivity contribution in [2.45, 2.75) is 38.6 Å². The van der Waals surface area contributed by atoms with Crippen molar-refractivity contribution in [2.75, 3.05) is 22.6 Å². The summed E-state index contributed by atoms with van der Waals surface area (Å²) in [7, 11) is -3.40. The van der Waals surface area contributed by atoms with E-state index in [-0.39, 0.29) is 11.7 Å². The Balaban J connectivity index is 1.55. The van der Waals surface area contributed by atoms with Crippen molar-refractivity contribution in [1.82, 2.24) is 0 Å². The number of sulfone groups is 1. The molecule has 2 aliphatic rings. The number of benzene rings is 1. The number of carbonyl (C=O) groups excluding carboxylic acids is 3. The molecule has 1 aliphatic carbocycles.